The van der Waals surface area contributed by atoms with Gasteiger partial charge >= 0.3 is 0 Å². The van der Waals surface area contributed by atoms with Gasteiger partial charge in [-0.1, -0.05) is 54.6 Å². The first-order valence-corrected chi connectivity index (χ1v) is 11.0. The lowest BCUT2D eigenvalue weighted by Gasteiger charge is -2.10. The minimum Gasteiger partial charge on any atom is -0.385 e. The molecule has 3 heterocycles. The highest BCUT2D eigenvalue weighted by Gasteiger charge is 2.17. The Kier molecular flexibility index (Phi) is 3.61. The van der Waals surface area contributed by atoms with Gasteiger partial charge in [0.05, 0.1) is 17.6 Å². The van der Waals surface area contributed by atoms with E-state index in [9.17, 15) is 0 Å². The number of fused-ring (bicyclic) bond motifs is 6. The molecule has 0 saturated heterocycles. The van der Waals surface area contributed by atoms with Crippen LogP contribution in [-0.4, -0.2) is 9.55 Å². The fraction of sp³-hybridized carbons (Fsp3) is 0.0345. The summed E-state index contributed by atoms with van der Waals surface area (Å²) in [4.78, 5) is 3.60. The van der Waals surface area contributed by atoms with Gasteiger partial charge in [-0.05, 0) is 59.8 Å². The molecule has 1 aliphatic rings. The number of nitrogens with one attached hydrogen (secondary N) is 2. The van der Waals surface area contributed by atoms with Gasteiger partial charge in [0.25, 0.3) is 0 Å². The Bertz CT molecular complexity index is 1670. The summed E-state index contributed by atoms with van der Waals surface area (Å²) in [5.74, 6) is 0. The van der Waals surface area contributed by atoms with Gasteiger partial charge in [-0.3, -0.25) is 0 Å². The SMILES string of the molecule is C1=Cc2c([nH]c3cccc(-c4ccc5c(c4)c4ccccc4n5-c4ccccc4)c23)CN1. The zero-order chi connectivity index (χ0) is 21.1. The number of H-pyrrole nitrogens is 1. The maximum absolute atomic E-state index is 3.60. The van der Waals surface area contributed by atoms with E-state index < -0.39 is 0 Å². The van der Waals surface area contributed by atoms with Crippen LogP contribution in [0.25, 0.3) is 55.6 Å². The standard InChI is InChI=1S/C29H21N3/c1-2-7-20(8-3-1)32-27-12-5-4-9-22(27)24-17-19(13-14-28(24)32)21-10-6-11-25-29(21)23-15-16-30-18-26(23)31-25/h1-17,30-31H,18H2. The topological polar surface area (TPSA) is 32.8 Å². The van der Waals surface area contributed by atoms with E-state index in [0.717, 1.165) is 6.54 Å². The van der Waals surface area contributed by atoms with E-state index in [-0.39, 0.29) is 0 Å². The van der Waals surface area contributed by atoms with E-state index in [1.54, 1.807) is 0 Å². The summed E-state index contributed by atoms with van der Waals surface area (Å²) >= 11 is 0. The van der Waals surface area contributed by atoms with E-state index >= 15 is 0 Å². The lowest BCUT2D eigenvalue weighted by molar-refractivity contribution is 0.837. The highest BCUT2D eigenvalue weighted by molar-refractivity contribution is 6.12. The second-order valence-electron chi connectivity index (χ2n) is 8.38. The van der Waals surface area contributed by atoms with Crippen molar-refractivity contribution in [1.82, 2.24) is 14.9 Å². The van der Waals surface area contributed by atoms with Crippen LogP contribution in [0, 0.1) is 0 Å². The Hall–Kier alpha value is -4.24. The molecule has 0 atom stereocenters. The number of nitrogens with zero attached hydrogens (tertiary/aromatic N) is 1. The van der Waals surface area contributed by atoms with Crippen molar-refractivity contribution in [2.75, 3.05) is 0 Å². The van der Waals surface area contributed by atoms with Crippen molar-refractivity contribution in [3.8, 4) is 16.8 Å². The quantitative estimate of drug-likeness (QED) is 0.316. The molecule has 0 spiro atoms. The monoisotopic (exact) mass is 411 g/mol. The zero-order valence-electron chi connectivity index (χ0n) is 17.5. The number of rotatable bonds is 2. The normalized spacial score (nSPS) is 13.0. The number of hydrogen-bond donors (Lipinski definition) is 2. The maximum atomic E-state index is 3.60. The number of aromatic nitrogens is 2. The summed E-state index contributed by atoms with van der Waals surface area (Å²) in [5.41, 5.74) is 9.89. The van der Waals surface area contributed by atoms with E-state index in [4.69, 9.17) is 0 Å². The van der Waals surface area contributed by atoms with Crippen LogP contribution in [-0.2, 0) is 6.54 Å². The lowest BCUT2D eigenvalue weighted by Crippen LogP contribution is -2.09. The summed E-state index contributed by atoms with van der Waals surface area (Å²) < 4.78 is 2.36. The van der Waals surface area contributed by atoms with Crippen LogP contribution in [0.5, 0.6) is 0 Å². The van der Waals surface area contributed by atoms with Crippen LogP contribution in [0.4, 0.5) is 0 Å². The summed E-state index contributed by atoms with van der Waals surface area (Å²) in [6.45, 7) is 0.837. The fourth-order valence-electron chi connectivity index (χ4n) is 5.19. The average Bonchev–Trinajstić information content (AvgIpc) is 3.40. The Morgan fingerprint density at radius 3 is 2.50 bits per heavy atom. The highest BCUT2D eigenvalue weighted by atomic mass is 15.0. The summed E-state index contributed by atoms with van der Waals surface area (Å²) in [7, 11) is 0. The third-order valence-electron chi connectivity index (χ3n) is 6.59. The molecule has 0 amide bonds. The first-order chi connectivity index (χ1) is 15.9. The molecule has 152 valence electrons. The summed E-state index contributed by atoms with van der Waals surface area (Å²) in [6, 6.07) is 32.8. The van der Waals surface area contributed by atoms with E-state index in [0.29, 0.717) is 0 Å². The largest absolute Gasteiger partial charge is 0.385 e. The Morgan fingerprint density at radius 1 is 0.719 bits per heavy atom. The number of benzene rings is 4. The molecule has 7 rings (SSSR count). The van der Waals surface area contributed by atoms with Gasteiger partial charge in [-0.15, -0.1) is 0 Å². The molecule has 0 aliphatic carbocycles. The molecule has 0 fully saturated rings. The van der Waals surface area contributed by atoms with Gasteiger partial charge in [0, 0.05) is 38.6 Å². The van der Waals surface area contributed by atoms with Gasteiger partial charge in [-0.2, -0.15) is 0 Å². The van der Waals surface area contributed by atoms with Crippen LogP contribution in [0.3, 0.4) is 0 Å². The summed E-state index contributed by atoms with van der Waals surface area (Å²) in [5, 5.41) is 7.16. The molecule has 0 bridgehead atoms. The number of para-hydroxylation sites is 2. The van der Waals surface area contributed by atoms with Crippen molar-refractivity contribution in [2.24, 2.45) is 0 Å². The summed E-state index contributed by atoms with van der Waals surface area (Å²) in [6.07, 6.45) is 4.23. The van der Waals surface area contributed by atoms with Crippen molar-refractivity contribution in [1.29, 1.82) is 0 Å². The average molecular weight is 412 g/mol. The molecule has 3 heteroatoms. The highest BCUT2D eigenvalue weighted by Crippen LogP contribution is 2.38. The van der Waals surface area contributed by atoms with Gasteiger partial charge in [-0.25, -0.2) is 0 Å². The molecule has 0 unspecified atom stereocenters. The third kappa shape index (κ3) is 2.42. The van der Waals surface area contributed by atoms with Crippen LogP contribution < -0.4 is 5.32 Å². The minimum absolute atomic E-state index is 0.837. The van der Waals surface area contributed by atoms with Crippen LogP contribution >= 0.6 is 0 Å². The Labute approximate surface area is 185 Å². The van der Waals surface area contributed by atoms with Crippen molar-refractivity contribution in [2.45, 2.75) is 6.54 Å². The smallest absolute Gasteiger partial charge is 0.0552 e. The zero-order valence-corrected chi connectivity index (χ0v) is 17.5. The molecule has 1 aliphatic heterocycles. The second-order valence-corrected chi connectivity index (χ2v) is 8.38. The molecule has 4 aromatic carbocycles. The molecule has 2 N–H and O–H groups in total. The first kappa shape index (κ1) is 17.4. The molecule has 3 nitrogen and oxygen atoms in total. The molecule has 2 aromatic heterocycles. The first-order valence-electron chi connectivity index (χ1n) is 11.0. The van der Waals surface area contributed by atoms with Crippen molar-refractivity contribution >= 4 is 38.8 Å². The van der Waals surface area contributed by atoms with Gasteiger partial charge in [0.2, 0.25) is 0 Å². The molecular weight excluding hydrogens is 390 g/mol. The van der Waals surface area contributed by atoms with Crippen LogP contribution in [0.1, 0.15) is 11.3 Å². The molecule has 6 aromatic rings. The molecule has 32 heavy (non-hydrogen) atoms. The van der Waals surface area contributed by atoms with E-state index in [2.05, 4.69) is 112 Å². The Morgan fingerprint density at radius 2 is 1.56 bits per heavy atom. The fourth-order valence-corrected chi connectivity index (χ4v) is 5.19. The molecular formula is C29H21N3. The van der Waals surface area contributed by atoms with Crippen molar-refractivity contribution in [3.05, 3.63) is 108 Å². The van der Waals surface area contributed by atoms with Crippen molar-refractivity contribution < 1.29 is 0 Å². The van der Waals surface area contributed by atoms with E-state index in [1.807, 2.05) is 6.20 Å². The van der Waals surface area contributed by atoms with Gasteiger partial charge in [0.15, 0.2) is 0 Å². The van der Waals surface area contributed by atoms with Crippen LogP contribution in [0.2, 0.25) is 0 Å². The third-order valence-corrected chi connectivity index (χ3v) is 6.59. The van der Waals surface area contributed by atoms with E-state index in [1.165, 1.54) is 60.8 Å². The second kappa shape index (κ2) is 6.63. The predicted molar refractivity (Wildman–Crippen MR) is 134 cm³/mol. The molecule has 0 saturated carbocycles. The lowest BCUT2D eigenvalue weighted by atomic mass is 9.96. The maximum Gasteiger partial charge on any atom is 0.0552 e. The van der Waals surface area contributed by atoms with Gasteiger partial charge < -0.3 is 14.9 Å². The molecule has 0 radical (unpaired) electrons. The van der Waals surface area contributed by atoms with Gasteiger partial charge in [0.1, 0.15) is 0 Å². The predicted octanol–water partition coefficient (Wildman–Crippen LogP) is 7.01. The van der Waals surface area contributed by atoms with Crippen molar-refractivity contribution in [3.63, 3.8) is 0 Å². The minimum atomic E-state index is 0.837. The number of aromatic amines is 1. The Balaban J connectivity index is 1.53. The number of hydrogen-bond acceptors (Lipinski definition) is 1. The van der Waals surface area contributed by atoms with Crippen LogP contribution in [0.15, 0.2) is 97.2 Å².